The summed E-state index contributed by atoms with van der Waals surface area (Å²) in [7, 11) is 2.84. The number of anilines is 2. The summed E-state index contributed by atoms with van der Waals surface area (Å²) >= 11 is 0. The number of amides is 2. The number of benzene rings is 2. The molecule has 2 amide bonds. The van der Waals surface area contributed by atoms with Crippen molar-refractivity contribution in [3.05, 3.63) is 83.8 Å². The molecule has 2 aromatic carbocycles. The van der Waals surface area contributed by atoms with E-state index in [1.165, 1.54) is 69.1 Å². The Morgan fingerprint density at radius 1 is 0.750 bits per heavy atom. The molecule has 0 aliphatic heterocycles. The van der Waals surface area contributed by atoms with Gasteiger partial charge in [-0.3, -0.25) is 23.8 Å². The van der Waals surface area contributed by atoms with Crippen molar-refractivity contribution in [2.24, 2.45) is 23.7 Å². The van der Waals surface area contributed by atoms with Crippen LogP contribution in [-0.2, 0) is 51.0 Å². The number of quaternary nitrogens is 1. The number of aryl methyl sites for hydroxylation is 1. The fraction of sp³-hybridized carbons (Fsp3) is 0.589. The van der Waals surface area contributed by atoms with Crippen LogP contribution in [0.25, 0.3) is 11.0 Å². The monoisotopic (exact) mass is 1080 g/mol. The summed E-state index contributed by atoms with van der Waals surface area (Å²) in [5, 5.41) is 3.34. The zero-order chi connectivity index (χ0) is 55.2. The number of rotatable bonds is 38. The predicted molar refractivity (Wildman–Crippen MR) is 295 cm³/mol. The topological polar surface area (TPSA) is 239 Å². The largest absolute Gasteiger partial charge is 0.756 e. The summed E-state index contributed by atoms with van der Waals surface area (Å²) in [4.78, 5) is 79.5. The Labute approximate surface area is 450 Å². The van der Waals surface area contributed by atoms with E-state index in [1.54, 1.807) is 54.7 Å². The minimum atomic E-state index is -4.74. The summed E-state index contributed by atoms with van der Waals surface area (Å²) in [5.74, 6) is -1.31. The molecule has 2 aromatic heterocycles. The molecule has 0 fully saturated rings. The fourth-order valence-corrected chi connectivity index (χ4v) is 8.78. The molecule has 0 bridgehead atoms. The van der Waals surface area contributed by atoms with Crippen molar-refractivity contribution in [1.82, 2.24) is 14.5 Å². The molecule has 0 saturated carbocycles. The third-order valence-corrected chi connectivity index (χ3v) is 13.6. The number of nitrogens with one attached hydrogen (secondary N) is 1. The smallest absolute Gasteiger partial charge is 0.435 e. The summed E-state index contributed by atoms with van der Waals surface area (Å²) in [6.07, 6.45) is 19.2. The van der Waals surface area contributed by atoms with Crippen molar-refractivity contribution >= 4 is 60.1 Å². The Kier molecular flexibility index (Phi) is 28.2. The number of nitrogens with zero attached hydrogens (tertiary/aromatic N) is 6. The minimum absolute atomic E-state index is 0.0520. The number of fused-ring (bicyclic) bond motifs is 1. The molecule has 3 N–H and O–H groups in total. The van der Waals surface area contributed by atoms with Crippen LogP contribution >= 0.6 is 7.82 Å². The first-order valence-corrected chi connectivity index (χ1v) is 28.7. The number of hydrogen-bond acceptors (Lipinski definition) is 14. The average molecular weight is 1080 g/mol. The number of pyridine rings is 1. The number of ether oxygens (including phenoxy) is 3. The van der Waals surface area contributed by atoms with E-state index in [0.717, 1.165) is 43.3 Å². The minimum Gasteiger partial charge on any atom is -0.756 e. The van der Waals surface area contributed by atoms with Crippen LogP contribution in [0, 0.1) is 5.92 Å². The van der Waals surface area contributed by atoms with Crippen molar-refractivity contribution in [3.63, 3.8) is 0 Å². The number of phosphoric ester groups is 1. The molecule has 20 heteroatoms. The molecule has 2 heterocycles. The lowest BCUT2D eigenvalue weighted by Gasteiger charge is -2.28. The molecule has 0 radical (unpaired) electrons. The zero-order valence-electron chi connectivity index (χ0n) is 46.0. The van der Waals surface area contributed by atoms with E-state index < -0.39 is 44.3 Å². The number of esters is 2. The second-order valence-corrected chi connectivity index (χ2v) is 21.7. The van der Waals surface area contributed by atoms with Crippen LogP contribution in [0.3, 0.4) is 0 Å². The van der Waals surface area contributed by atoms with Gasteiger partial charge in [0.15, 0.2) is 0 Å². The Bertz CT molecular complexity index is 2450. The lowest BCUT2D eigenvalue weighted by molar-refractivity contribution is -0.870. The molecule has 0 aliphatic rings. The van der Waals surface area contributed by atoms with Crippen molar-refractivity contribution in [3.8, 4) is 0 Å². The Morgan fingerprint density at radius 3 is 1.96 bits per heavy atom. The van der Waals surface area contributed by atoms with E-state index in [2.05, 4.69) is 22.2 Å². The van der Waals surface area contributed by atoms with Crippen LogP contribution in [0.2, 0.25) is 0 Å². The number of nitrogens with two attached hydrogens (primary N) is 1. The summed E-state index contributed by atoms with van der Waals surface area (Å²) < 4.78 is 41.6. The van der Waals surface area contributed by atoms with Crippen molar-refractivity contribution in [1.29, 1.82) is 0 Å². The molecular formula is C56H85N8O11P. The molecule has 2 atom stereocenters. The number of amidine groups is 1. The summed E-state index contributed by atoms with van der Waals surface area (Å²) in [6.45, 7) is 4.08. The number of carbonyl (C=O) groups excluding carboxylic acids is 4. The van der Waals surface area contributed by atoms with Crippen LogP contribution in [0.5, 0.6) is 0 Å². The van der Waals surface area contributed by atoms with Gasteiger partial charge in [0.2, 0.25) is 0 Å². The zero-order valence-corrected chi connectivity index (χ0v) is 46.9. The number of hydrogen-bond donors (Lipinski definition) is 2. The Balaban J connectivity index is 1.31. The van der Waals surface area contributed by atoms with Crippen LogP contribution in [0.15, 0.2) is 71.9 Å². The molecule has 2 unspecified atom stereocenters. The van der Waals surface area contributed by atoms with E-state index in [0.29, 0.717) is 52.3 Å². The van der Waals surface area contributed by atoms with E-state index in [1.807, 2.05) is 51.8 Å². The molecule has 0 spiro atoms. The molecule has 4 rings (SSSR count). The molecule has 0 aliphatic carbocycles. The number of likely N-dealkylation sites (N-methyl/N-ethyl adjacent to an activating group) is 1. The van der Waals surface area contributed by atoms with Gasteiger partial charge in [0, 0.05) is 43.0 Å². The first-order valence-electron chi connectivity index (χ1n) is 27.2. The molecule has 4 aromatic rings. The van der Waals surface area contributed by atoms with Crippen LogP contribution in [0.1, 0.15) is 151 Å². The number of aliphatic imine (C=N–C) groups is 1. The molecule has 76 heavy (non-hydrogen) atoms. The molecule has 0 saturated heterocycles. The number of imidazole rings is 1. The first-order chi connectivity index (χ1) is 36.5. The molecular weight excluding hydrogens is 992 g/mol. The maximum Gasteiger partial charge on any atom is 0.435 e. The van der Waals surface area contributed by atoms with Gasteiger partial charge in [0.1, 0.15) is 30.6 Å². The number of unbranched alkanes of at least 4 members (excludes halogenated alkanes) is 14. The number of phosphoric acid groups is 1. The van der Waals surface area contributed by atoms with Crippen LogP contribution < -0.4 is 20.8 Å². The molecule has 19 nitrogen and oxygen atoms in total. The van der Waals surface area contributed by atoms with Gasteiger partial charge in [-0.05, 0) is 67.4 Å². The van der Waals surface area contributed by atoms with Gasteiger partial charge in [0.05, 0.1) is 77.5 Å². The fourth-order valence-electron chi connectivity index (χ4n) is 8.01. The highest BCUT2D eigenvalue weighted by Crippen LogP contribution is 2.38. The summed E-state index contributed by atoms with van der Waals surface area (Å²) in [6, 6.07) is 17.4. The third kappa shape index (κ3) is 24.5. The second kappa shape index (κ2) is 34.1. The lowest BCUT2D eigenvalue weighted by Crippen LogP contribution is -2.37. The number of aromatic nitrogens is 3. The van der Waals surface area contributed by atoms with Crippen LogP contribution in [-0.4, -0.2) is 116 Å². The van der Waals surface area contributed by atoms with Gasteiger partial charge < -0.3 is 48.3 Å². The normalized spacial score (nSPS) is 13.0. The molecule has 420 valence electrons. The van der Waals surface area contributed by atoms with Gasteiger partial charge in [-0.2, -0.15) is 4.99 Å². The highest BCUT2D eigenvalue weighted by Gasteiger charge is 2.24. The first kappa shape index (κ1) is 62.8. The van der Waals surface area contributed by atoms with Crippen molar-refractivity contribution in [2.75, 3.05) is 77.5 Å². The standard InChI is InChI=1S/C56H85N8O11P/c1-7-9-11-12-13-14-15-16-17-18-19-20-21-22-26-52(65)72-41-44(43-75-76(69,70)74-38-36-64(4,5)6)42-73-53(66)33-35-63(50-25-23-24-34-58-50)55(67)46-29-32-49-48(39-46)60-51(62(49)3)40-59-47-30-27-45(28-31-47)54(57)61-56(68)71-37-10-8-2/h23-25,27-32,34,39,44H,7-22,26,33,35-38,40-43H2,1-6H3,(H3-,57,59,61,68,69,70). The highest BCUT2D eigenvalue weighted by molar-refractivity contribution is 7.45. The van der Waals surface area contributed by atoms with E-state index >= 15 is 0 Å². The highest BCUT2D eigenvalue weighted by atomic mass is 31.2. The van der Waals surface area contributed by atoms with E-state index in [4.69, 9.17) is 34.0 Å². The lowest BCUT2D eigenvalue weighted by atomic mass is 10.0. The Hall–Kier alpha value is -5.72. The maximum absolute atomic E-state index is 14.2. The second-order valence-electron chi connectivity index (χ2n) is 20.2. The van der Waals surface area contributed by atoms with Gasteiger partial charge in [-0.25, -0.2) is 14.8 Å². The predicted octanol–water partition coefficient (Wildman–Crippen LogP) is 10.0. The van der Waals surface area contributed by atoms with Crippen molar-refractivity contribution in [2.45, 2.75) is 136 Å². The van der Waals surface area contributed by atoms with Crippen molar-refractivity contribution < 1.29 is 56.4 Å². The Morgan fingerprint density at radius 2 is 1.36 bits per heavy atom. The van der Waals surface area contributed by atoms with Gasteiger partial charge in [-0.15, -0.1) is 0 Å². The third-order valence-electron chi connectivity index (χ3n) is 12.7. The maximum atomic E-state index is 14.2. The van der Waals surface area contributed by atoms with E-state index in [9.17, 15) is 28.6 Å². The van der Waals surface area contributed by atoms with Crippen LogP contribution in [0.4, 0.5) is 16.3 Å². The van der Waals surface area contributed by atoms with Gasteiger partial charge in [0.25, 0.3) is 13.7 Å². The quantitative estimate of drug-likeness (QED) is 0.00807. The van der Waals surface area contributed by atoms with E-state index in [-0.39, 0.29) is 51.6 Å². The number of carbonyl (C=O) groups is 4. The summed E-state index contributed by atoms with van der Waals surface area (Å²) in [5.41, 5.74) is 9.05. The average Bonchev–Trinajstić information content (AvgIpc) is 3.71. The van der Waals surface area contributed by atoms with Gasteiger partial charge in [-0.1, -0.05) is 110 Å². The SMILES string of the molecule is CCCCCCCCCCCCCCCCC(=O)OCC(COC(=O)CCN(C(=O)c1ccc2c(c1)nc(CNc1ccc(/C(N)=N/C(=O)OCCCC)cc1)n2C)c1ccccn1)COP(=O)([O-])OCC[N+](C)(C)C. The van der Waals surface area contributed by atoms with Gasteiger partial charge >= 0.3 is 18.0 Å².